The number of nitrogens with one attached hydrogen (secondary N) is 1. The Kier molecular flexibility index (Phi) is 5.92. The van der Waals surface area contributed by atoms with Crippen molar-refractivity contribution in [3.63, 3.8) is 0 Å². The van der Waals surface area contributed by atoms with E-state index in [-0.39, 0.29) is 18.4 Å². The lowest BCUT2D eigenvalue weighted by molar-refractivity contribution is -0.137. The van der Waals surface area contributed by atoms with Crippen LogP contribution < -0.4 is 5.32 Å². The molecule has 0 aromatic rings. The van der Waals surface area contributed by atoms with Gasteiger partial charge in [0, 0.05) is 18.9 Å². The van der Waals surface area contributed by atoms with Crippen LogP contribution in [0.25, 0.3) is 0 Å². The molecule has 0 radical (unpaired) electrons. The summed E-state index contributed by atoms with van der Waals surface area (Å²) < 4.78 is 0. The number of carbonyl (C=O) groups is 2. The molecule has 0 fully saturated rings. The van der Waals surface area contributed by atoms with E-state index in [9.17, 15) is 9.59 Å². The molecule has 0 aromatic carbocycles. The molecule has 4 nitrogen and oxygen atoms in total. The molecule has 0 aliphatic carbocycles. The molecule has 0 aliphatic rings. The monoisotopic (exact) mass is 201 g/mol. The van der Waals surface area contributed by atoms with Gasteiger partial charge in [0.1, 0.15) is 0 Å². The maximum Gasteiger partial charge on any atom is 0.303 e. The fraction of sp³-hybridized carbons (Fsp3) is 0.800. The number of rotatable bonds is 6. The maximum atomic E-state index is 11.3. The quantitative estimate of drug-likeness (QED) is 0.682. The first-order chi connectivity index (χ1) is 6.41. The zero-order valence-corrected chi connectivity index (χ0v) is 9.04. The van der Waals surface area contributed by atoms with Gasteiger partial charge in [-0.25, -0.2) is 0 Å². The molecular formula is C10H19NO3. The second kappa shape index (κ2) is 6.40. The Hall–Kier alpha value is -1.06. The molecule has 0 rings (SSSR count). The number of amides is 1. The summed E-state index contributed by atoms with van der Waals surface area (Å²) >= 11 is 0. The van der Waals surface area contributed by atoms with E-state index in [0.717, 1.165) is 0 Å². The van der Waals surface area contributed by atoms with Crippen molar-refractivity contribution in [1.29, 1.82) is 0 Å². The van der Waals surface area contributed by atoms with Crippen LogP contribution in [0.3, 0.4) is 0 Å². The van der Waals surface area contributed by atoms with Crippen molar-refractivity contribution in [3.05, 3.63) is 0 Å². The molecule has 0 saturated carbocycles. The highest BCUT2D eigenvalue weighted by Gasteiger charge is 2.10. The maximum absolute atomic E-state index is 11.3. The van der Waals surface area contributed by atoms with Crippen molar-refractivity contribution in [1.82, 2.24) is 5.32 Å². The zero-order valence-electron chi connectivity index (χ0n) is 9.04. The second-order valence-electron chi connectivity index (χ2n) is 4.00. The Morgan fingerprint density at radius 1 is 1.29 bits per heavy atom. The van der Waals surface area contributed by atoms with E-state index in [1.807, 2.05) is 20.8 Å². The highest BCUT2D eigenvalue weighted by atomic mass is 16.4. The topological polar surface area (TPSA) is 66.4 Å². The summed E-state index contributed by atoms with van der Waals surface area (Å²) in [6.07, 6.45) is 1.08. The normalized spacial score (nSPS) is 12.6. The summed E-state index contributed by atoms with van der Waals surface area (Å²) in [6, 6.07) is -0.0580. The minimum absolute atomic E-state index is 0.00195. The second-order valence-corrected chi connectivity index (χ2v) is 4.00. The van der Waals surface area contributed by atoms with Gasteiger partial charge >= 0.3 is 5.97 Å². The van der Waals surface area contributed by atoms with Crippen LogP contribution in [0, 0.1) is 5.92 Å². The Morgan fingerprint density at radius 2 is 1.86 bits per heavy atom. The Balaban J connectivity index is 3.65. The van der Waals surface area contributed by atoms with Gasteiger partial charge in [0.25, 0.3) is 0 Å². The lowest BCUT2D eigenvalue weighted by atomic mass is 10.1. The van der Waals surface area contributed by atoms with Crippen molar-refractivity contribution in [2.45, 2.75) is 46.1 Å². The molecule has 2 N–H and O–H groups in total. The first-order valence-corrected chi connectivity index (χ1v) is 4.93. The highest BCUT2D eigenvalue weighted by Crippen LogP contribution is 2.01. The Bertz CT molecular complexity index is 202. The third-order valence-corrected chi connectivity index (χ3v) is 1.79. The summed E-state index contributed by atoms with van der Waals surface area (Å²) in [7, 11) is 0. The van der Waals surface area contributed by atoms with E-state index in [2.05, 4.69) is 5.32 Å². The van der Waals surface area contributed by atoms with Crippen LogP contribution in [0.15, 0.2) is 0 Å². The van der Waals surface area contributed by atoms with Crippen molar-refractivity contribution in [2.75, 3.05) is 0 Å². The molecule has 0 aliphatic heterocycles. The van der Waals surface area contributed by atoms with Crippen LogP contribution in [-0.4, -0.2) is 23.0 Å². The van der Waals surface area contributed by atoms with Gasteiger partial charge in [0.15, 0.2) is 0 Å². The molecular weight excluding hydrogens is 182 g/mol. The smallest absolute Gasteiger partial charge is 0.303 e. The molecule has 4 heteroatoms. The van der Waals surface area contributed by atoms with Gasteiger partial charge in [-0.05, 0) is 19.3 Å². The molecule has 0 saturated heterocycles. The molecule has 1 unspecified atom stereocenters. The van der Waals surface area contributed by atoms with Crippen LogP contribution in [-0.2, 0) is 9.59 Å². The Morgan fingerprint density at radius 3 is 2.29 bits per heavy atom. The molecule has 82 valence electrons. The van der Waals surface area contributed by atoms with Crippen LogP contribution in [0.5, 0.6) is 0 Å². The number of carbonyl (C=O) groups excluding carboxylic acids is 1. The summed E-state index contributed by atoms with van der Waals surface area (Å²) in [5, 5.41) is 11.2. The molecule has 1 amide bonds. The predicted molar refractivity (Wildman–Crippen MR) is 53.9 cm³/mol. The van der Waals surface area contributed by atoms with Crippen LogP contribution in [0.2, 0.25) is 0 Å². The van der Waals surface area contributed by atoms with Gasteiger partial charge in [-0.2, -0.15) is 0 Å². The van der Waals surface area contributed by atoms with Gasteiger partial charge < -0.3 is 10.4 Å². The number of hydrogen-bond acceptors (Lipinski definition) is 2. The van der Waals surface area contributed by atoms with Crippen molar-refractivity contribution >= 4 is 11.9 Å². The van der Waals surface area contributed by atoms with E-state index < -0.39 is 5.97 Å². The van der Waals surface area contributed by atoms with E-state index in [4.69, 9.17) is 5.11 Å². The zero-order chi connectivity index (χ0) is 11.1. The standard InChI is InChI=1S/C10H19NO3/c1-7(2)6-9(12)11-8(3)4-5-10(13)14/h7-8H,4-6H2,1-3H3,(H,11,12)(H,13,14). The van der Waals surface area contributed by atoms with Gasteiger partial charge in [-0.15, -0.1) is 0 Å². The van der Waals surface area contributed by atoms with Crippen molar-refractivity contribution < 1.29 is 14.7 Å². The van der Waals surface area contributed by atoms with E-state index >= 15 is 0 Å². The lowest BCUT2D eigenvalue weighted by Gasteiger charge is -2.13. The average Bonchev–Trinajstić information content (AvgIpc) is 1.98. The fourth-order valence-corrected chi connectivity index (χ4v) is 1.12. The number of hydrogen-bond donors (Lipinski definition) is 2. The van der Waals surface area contributed by atoms with Gasteiger partial charge in [0.05, 0.1) is 0 Å². The summed E-state index contributed by atoms with van der Waals surface area (Å²) in [6.45, 7) is 5.77. The minimum Gasteiger partial charge on any atom is -0.481 e. The summed E-state index contributed by atoms with van der Waals surface area (Å²) in [4.78, 5) is 21.5. The van der Waals surface area contributed by atoms with Gasteiger partial charge in [-0.1, -0.05) is 13.8 Å². The number of aliphatic carboxylic acids is 1. The van der Waals surface area contributed by atoms with E-state index in [1.165, 1.54) is 0 Å². The first-order valence-electron chi connectivity index (χ1n) is 4.93. The number of carboxylic acid groups (broad SMARTS) is 1. The van der Waals surface area contributed by atoms with Crippen LogP contribution in [0.4, 0.5) is 0 Å². The SMILES string of the molecule is CC(C)CC(=O)NC(C)CCC(=O)O. The molecule has 0 bridgehead atoms. The van der Waals surface area contributed by atoms with Gasteiger partial charge in [0.2, 0.25) is 5.91 Å². The third-order valence-electron chi connectivity index (χ3n) is 1.79. The minimum atomic E-state index is -0.824. The molecule has 0 heterocycles. The summed E-state index contributed by atoms with van der Waals surface area (Å²) in [5.74, 6) is -0.491. The molecule has 0 spiro atoms. The van der Waals surface area contributed by atoms with E-state index in [1.54, 1.807) is 0 Å². The summed E-state index contributed by atoms with van der Waals surface area (Å²) in [5.41, 5.74) is 0. The average molecular weight is 201 g/mol. The van der Waals surface area contributed by atoms with Crippen molar-refractivity contribution in [2.24, 2.45) is 5.92 Å². The van der Waals surface area contributed by atoms with Crippen LogP contribution >= 0.6 is 0 Å². The predicted octanol–water partition coefficient (Wildman–Crippen LogP) is 1.40. The molecule has 0 aromatic heterocycles. The Labute approximate surface area is 84.7 Å². The lowest BCUT2D eigenvalue weighted by Crippen LogP contribution is -2.33. The number of carboxylic acids is 1. The first kappa shape index (κ1) is 12.9. The van der Waals surface area contributed by atoms with Crippen LogP contribution in [0.1, 0.15) is 40.0 Å². The highest BCUT2D eigenvalue weighted by molar-refractivity contribution is 5.76. The third kappa shape index (κ3) is 7.58. The fourth-order valence-electron chi connectivity index (χ4n) is 1.12. The van der Waals surface area contributed by atoms with E-state index in [0.29, 0.717) is 18.8 Å². The van der Waals surface area contributed by atoms with Crippen molar-refractivity contribution in [3.8, 4) is 0 Å². The largest absolute Gasteiger partial charge is 0.481 e. The molecule has 1 atom stereocenters. The molecule has 14 heavy (non-hydrogen) atoms. The van der Waals surface area contributed by atoms with Gasteiger partial charge in [-0.3, -0.25) is 9.59 Å².